The third-order valence-corrected chi connectivity index (χ3v) is 6.63. The molecule has 3 aromatic rings. The molecule has 7 heteroatoms. The molecule has 1 N–H and O–H groups in total. The van der Waals surface area contributed by atoms with Gasteiger partial charge >= 0.3 is 0 Å². The molecular weight excluding hydrogens is 450 g/mol. The quantitative estimate of drug-likeness (QED) is 0.507. The highest BCUT2D eigenvalue weighted by Crippen LogP contribution is 2.37. The van der Waals surface area contributed by atoms with Crippen LogP contribution in [0.15, 0.2) is 60.7 Å². The fourth-order valence-electron chi connectivity index (χ4n) is 4.20. The fraction of sp³-hybridized carbons (Fsp3) is 0.296. The molecule has 1 heterocycles. The SMILES string of the molecule is CC[C@@H](C)NC(=O)[C@H](C)N(Cc1ccc(Cl)cc1)C(=O)CN1C(=O)c2cccc3cccc1c23. The van der Waals surface area contributed by atoms with Crippen LogP contribution in [0.4, 0.5) is 5.69 Å². The summed E-state index contributed by atoms with van der Waals surface area (Å²) in [4.78, 5) is 42.8. The summed E-state index contributed by atoms with van der Waals surface area (Å²) in [5.41, 5.74) is 2.15. The van der Waals surface area contributed by atoms with Gasteiger partial charge in [-0.2, -0.15) is 0 Å². The molecule has 3 aromatic carbocycles. The van der Waals surface area contributed by atoms with Crippen molar-refractivity contribution in [2.75, 3.05) is 11.4 Å². The van der Waals surface area contributed by atoms with Gasteiger partial charge in [0.15, 0.2) is 0 Å². The van der Waals surface area contributed by atoms with Gasteiger partial charge < -0.3 is 10.2 Å². The van der Waals surface area contributed by atoms with Gasteiger partial charge in [0.25, 0.3) is 5.91 Å². The lowest BCUT2D eigenvalue weighted by Gasteiger charge is -2.31. The fourth-order valence-corrected chi connectivity index (χ4v) is 4.32. The van der Waals surface area contributed by atoms with Crippen LogP contribution in [0.25, 0.3) is 10.8 Å². The molecule has 0 aromatic heterocycles. The zero-order valence-electron chi connectivity index (χ0n) is 19.5. The molecule has 0 bridgehead atoms. The van der Waals surface area contributed by atoms with Gasteiger partial charge in [0.2, 0.25) is 11.8 Å². The van der Waals surface area contributed by atoms with Crippen molar-refractivity contribution < 1.29 is 14.4 Å². The summed E-state index contributed by atoms with van der Waals surface area (Å²) >= 11 is 6.02. The van der Waals surface area contributed by atoms with E-state index in [4.69, 9.17) is 11.6 Å². The zero-order valence-corrected chi connectivity index (χ0v) is 20.3. The second-order valence-corrected chi connectivity index (χ2v) is 9.15. The van der Waals surface area contributed by atoms with E-state index in [1.54, 1.807) is 25.1 Å². The van der Waals surface area contributed by atoms with Gasteiger partial charge in [0.05, 0.1) is 5.69 Å². The van der Waals surface area contributed by atoms with E-state index in [1.807, 2.05) is 56.3 Å². The lowest BCUT2D eigenvalue weighted by atomic mass is 10.1. The molecule has 0 unspecified atom stereocenters. The minimum absolute atomic E-state index is 0.00491. The van der Waals surface area contributed by atoms with Crippen LogP contribution in [0, 0.1) is 0 Å². The first kappa shape index (κ1) is 23.8. The van der Waals surface area contributed by atoms with Gasteiger partial charge in [-0.1, -0.05) is 54.9 Å². The van der Waals surface area contributed by atoms with Crippen molar-refractivity contribution in [3.8, 4) is 0 Å². The Morgan fingerprint density at radius 1 is 1.03 bits per heavy atom. The predicted octanol–water partition coefficient (Wildman–Crippen LogP) is 4.79. The summed E-state index contributed by atoms with van der Waals surface area (Å²) in [6.45, 7) is 5.71. The van der Waals surface area contributed by atoms with E-state index in [1.165, 1.54) is 9.80 Å². The van der Waals surface area contributed by atoms with Crippen LogP contribution in [0.3, 0.4) is 0 Å². The predicted molar refractivity (Wildman–Crippen MR) is 135 cm³/mol. The van der Waals surface area contributed by atoms with Crippen LogP contribution < -0.4 is 10.2 Å². The maximum atomic E-state index is 13.6. The second-order valence-electron chi connectivity index (χ2n) is 8.71. The smallest absolute Gasteiger partial charge is 0.259 e. The van der Waals surface area contributed by atoms with Crippen molar-refractivity contribution in [1.82, 2.24) is 10.2 Å². The summed E-state index contributed by atoms with van der Waals surface area (Å²) in [5, 5.41) is 5.37. The summed E-state index contributed by atoms with van der Waals surface area (Å²) in [6, 6.07) is 17.7. The maximum absolute atomic E-state index is 13.6. The average Bonchev–Trinajstić information content (AvgIpc) is 3.11. The van der Waals surface area contributed by atoms with Gasteiger partial charge in [0, 0.05) is 28.6 Å². The highest BCUT2D eigenvalue weighted by atomic mass is 35.5. The Hall–Kier alpha value is -3.38. The van der Waals surface area contributed by atoms with E-state index in [0.29, 0.717) is 10.6 Å². The monoisotopic (exact) mass is 477 g/mol. The van der Waals surface area contributed by atoms with E-state index in [9.17, 15) is 14.4 Å². The molecule has 0 fully saturated rings. The third kappa shape index (κ3) is 4.64. The van der Waals surface area contributed by atoms with Crippen molar-refractivity contribution in [3.63, 3.8) is 0 Å². The molecule has 6 nitrogen and oxygen atoms in total. The van der Waals surface area contributed by atoms with Crippen molar-refractivity contribution >= 4 is 45.8 Å². The van der Waals surface area contributed by atoms with Gasteiger partial charge in [-0.15, -0.1) is 0 Å². The normalized spacial score (nSPS) is 14.2. The Balaban J connectivity index is 1.61. The first-order valence-corrected chi connectivity index (χ1v) is 11.9. The Kier molecular flexibility index (Phi) is 6.89. The second kappa shape index (κ2) is 9.85. The average molecular weight is 478 g/mol. The van der Waals surface area contributed by atoms with E-state index in [-0.39, 0.29) is 36.9 Å². The van der Waals surface area contributed by atoms with E-state index in [0.717, 1.165) is 28.4 Å². The Morgan fingerprint density at radius 3 is 2.38 bits per heavy atom. The maximum Gasteiger partial charge on any atom is 0.259 e. The molecule has 0 radical (unpaired) electrons. The number of carbonyl (C=O) groups is 3. The van der Waals surface area contributed by atoms with Gasteiger partial charge in [0.1, 0.15) is 12.6 Å². The standard InChI is InChI=1S/C27H28ClN3O3/c1-4-17(2)29-26(33)18(3)30(15-19-11-13-21(28)14-12-19)24(32)16-31-23-10-6-8-20-7-5-9-22(25(20)23)27(31)34/h5-14,17-18H,4,15-16H2,1-3H3,(H,29,33)/t17-,18+/m1/s1. The zero-order chi connectivity index (χ0) is 24.4. The van der Waals surface area contributed by atoms with Crippen LogP contribution in [-0.4, -0.2) is 41.2 Å². The van der Waals surface area contributed by atoms with Crippen molar-refractivity contribution in [2.24, 2.45) is 0 Å². The third-order valence-electron chi connectivity index (χ3n) is 6.38. The largest absolute Gasteiger partial charge is 0.352 e. The lowest BCUT2D eigenvalue weighted by Crippen LogP contribution is -2.52. The number of nitrogens with one attached hydrogen (secondary N) is 1. The molecule has 0 spiro atoms. The van der Waals surface area contributed by atoms with Crippen LogP contribution >= 0.6 is 11.6 Å². The molecule has 2 atom stereocenters. The van der Waals surface area contributed by atoms with Crippen LogP contribution in [0.2, 0.25) is 5.02 Å². The summed E-state index contributed by atoms with van der Waals surface area (Å²) < 4.78 is 0. The molecular formula is C27H28ClN3O3. The van der Waals surface area contributed by atoms with Crippen molar-refractivity contribution in [2.45, 2.75) is 45.8 Å². The summed E-state index contributed by atoms with van der Waals surface area (Å²) in [6.07, 6.45) is 0.786. The van der Waals surface area contributed by atoms with Gasteiger partial charge in [-0.3, -0.25) is 19.3 Å². The number of amides is 3. The number of anilines is 1. The van der Waals surface area contributed by atoms with Crippen LogP contribution in [0.5, 0.6) is 0 Å². The van der Waals surface area contributed by atoms with Gasteiger partial charge in [-0.25, -0.2) is 0 Å². The molecule has 1 aliphatic heterocycles. The molecule has 0 saturated heterocycles. The molecule has 0 aliphatic carbocycles. The van der Waals surface area contributed by atoms with E-state index in [2.05, 4.69) is 5.32 Å². The number of hydrogen-bond donors (Lipinski definition) is 1. The van der Waals surface area contributed by atoms with E-state index < -0.39 is 6.04 Å². The molecule has 1 aliphatic rings. The van der Waals surface area contributed by atoms with E-state index >= 15 is 0 Å². The Labute approximate surface area is 204 Å². The molecule has 3 amide bonds. The first-order valence-electron chi connectivity index (χ1n) is 11.5. The number of carbonyl (C=O) groups excluding carboxylic acids is 3. The number of halogens is 1. The molecule has 4 rings (SSSR count). The van der Waals surface area contributed by atoms with Crippen LogP contribution in [0.1, 0.15) is 43.1 Å². The number of nitrogens with zero attached hydrogens (tertiary/aromatic N) is 2. The Morgan fingerprint density at radius 2 is 1.71 bits per heavy atom. The van der Waals surface area contributed by atoms with Crippen molar-refractivity contribution in [1.29, 1.82) is 0 Å². The summed E-state index contributed by atoms with van der Waals surface area (Å²) in [5.74, 6) is -0.738. The summed E-state index contributed by atoms with van der Waals surface area (Å²) in [7, 11) is 0. The molecule has 176 valence electrons. The lowest BCUT2D eigenvalue weighted by molar-refractivity contribution is -0.139. The number of benzene rings is 3. The van der Waals surface area contributed by atoms with Crippen LogP contribution in [-0.2, 0) is 16.1 Å². The minimum Gasteiger partial charge on any atom is -0.352 e. The number of rotatable bonds is 8. The van der Waals surface area contributed by atoms with Gasteiger partial charge in [-0.05, 0) is 55.5 Å². The first-order chi connectivity index (χ1) is 16.3. The topological polar surface area (TPSA) is 69.7 Å². The molecule has 34 heavy (non-hydrogen) atoms. The van der Waals surface area contributed by atoms with Crippen molar-refractivity contribution in [3.05, 3.63) is 76.8 Å². The molecule has 0 saturated carbocycles. The minimum atomic E-state index is -0.715. The highest BCUT2D eigenvalue weighted by molar-refractivity contribution is 6.30. The highest BCUT2D eigenvalue weighted by Gasteiger charge is 2.34. The Bertz CT molecular complexity index is 1240. The number of hydrogen-bond acceptors (Lipinski definition) is 3.